The summed E-state index contributed by atoms with van der Waals surface area (Å²) in [6.07, 6.45) is 6.30. The third kappa shape index (κ3) is 4.04. The Hall–Kier alpha value is -4.70. The summed E-state index contributed by atoms with van der Waals surface area (Å²) in [5.74, 6) is 2.38. The van der Waals surface area contributed by atoms with Crippen molar-refractivity contribution in [3.8, 4) is 28.4 Å². The summed E-state index contributed by atoms with van der Waals surface area (Å²) in [6, 6.07) is 14.7. The highest BCUT2D eigenvalue weighted by Crippen LogP contribution is 2.41. The number of nitrogens with zero attached hydrogens (tertiary/aromatic N) is 5. The van der Waals surface area contributed by atoms with Crippen molar-refractivity contribution < 1.29 is 14.3 Å². The van der Waals surface area contributed by atoms with Crippen molar-refractivity contribution in [2.45, 2.75) is 50.9 Å². The van der Waals surface area contributed by atoms with Gasteiger partial charge in [0.05, 0.1) is 18.3 Å². The minimum Gasteiger partial charge on any atom is -0.494 e. The molecule has 2 amide bonds. The number of benzene rings is 2. The molecule has 2 unspecified atom stereocenters. The number of ether oxygens (including phenoxy) is 1. The molecule has 3 N–H and O–H groups in total. The molecule has 3 aromatic heterocycles. The number of piperidine rings is 1. The minimum absolute atomic E-state index is 0.00150. The summed E-state index contributed by atoms with van der Waals surface area (Å²) in [5.41, 5.74) is 14.3. The van der Waals surface area contributed by atoms with Gasteiger partial charge in [0.1, 0.15) is 17.0 Å². The van der Waals surface area contributed by atoms with Gasteiger partial charge in [0.2, 0.25) is 0 Å². The maximum Gasteiger partial charge on any atom is 0.270 e. The first-order valence-corrected chi connectivity index (χ1v) is 15.9. The van der Waals surface area contributed by atoms with E-state index in [1.54, 1.807) is 13.3 Å². The van der Waals surface area contributed by atoms with Crippen molar-refractivity contribution >= 4 is 33.8 Å². The smallest absolute Gasteiger partial charge is 0.270 e. The number of imidazole rings is 1. The molecule has 5 aromatic rings. The highest BCUT2D eigenvalue weighted by Gasteiger charge is 2.47. The summed E-state index contributed by atoms with van der Waals surface area (Å²) >= 11 is 0. The van der Waals surface area contributed by atoms with Gasteiger partial charge >= 0.3 is 0 Å². The Balaban J connectivity index is 1.15. The molecule has 9 rings (SSSR count). The Kier molecular flexibility index (Phi) is 5.72. The van der Waals surface area contributed by atoms with Gasteiger partial charge in [-0.3, -0.25) is 14.6 Å². The van der Waals surface area contributed by atoms with Crippen LogP contribution in [0.5, 0.6) is 5.75 Å². The highest BCUT2D eigenvalue weighted by molar-refractivity contribution is 6.01. The van der Waals surface area contributed by atoms with Gasteiger partial charge in [-0.05, 0) is 73.4 Å². The average molecular weight is 602 g/mol. The number of nitrogens with two attached hydrogens (primary N) is 1. The zero-order valence-corrected chi connectivity index (χ0v) is 25.4. The second-order valence-corrected chi connectivity index (χ2v) is 13.3. The molecule has 45 heavy (non-hydrogen) atoms. The topological polar surface area (TPSA) is 120 Å². The van der Waals surface area contributed by atoms with Crippen LogP contribution < -0.4 is 15.8 Å². The van der Waals surface area contributed by atoms with E-state index in [0.717, 1.165) is 76.1 Å². The first-order chi connectivity index (χ1) is 21.9. The average Bonchev–Trinajstić information content (AvgIpc) is 3.26. The molecular weight excluding hydrogens is 566 g/mol. The molecule has 2 aliphatic carbocycles. The Morgan fingerprint density at radius 2 is 1.96 bits per heavy atom. The SMILES string of the molecule is COc1cc(C(=O)N2CC3CCC2[C@@H]3N)cc2nc(-c3cc4ccc(-c5cnc6c(c5)CNC6=O)cc4n3CC3CC3)n(C)c12. The summed E-state index contributed by atoms with van der Waals surface area (Å²) in [5, 5.41) is 3.99. The fraction of sp³-hybridized carbons (Fsp3) is 0.371. The first kappa shape index (κ1) is 26.7. The lowest BCUT2D eigenvalue weighted by Crippen LogP contribution is -2.41. The third-order valence-corrected chi connectivity index (χ3v) is 10.5. The fourth-order valence-corrected chi connectivity index (χ4v) is 7.91. The van der Waals surface area contributed by atoms with Gasteiger partial charge in [-0.1, -0.05) is 12.1 Å². The van der Waals surface area contributed by atoms with Crippen molar-refractivity contribution in [2.75, 3.05) is 13.7 Å². The van der Waals surface area contributed by atoms with Crippen LogP contribution in [0.25, 0.3) is 44.6 Å². The minimum atomic E-state index is -0.113. The number of methoxy groups -OCH3 is 1. The van der Waals surface area contributed by atoms with E-state index in [1.807, 2.05) is 24.1 Å². The molecule has 5 heterocycles. The van der Waals surface area contributed by atoms with Crippen LogP contribution in [0.3, 0.4) is 0 Å². The molecule has 2 aromatic carbocycles. The number of rotatable bonds is 6. The van der Waals surface area contributed by atoms with Crippen molar-refractivity contribution in [2.24, 2.45) is 24.6 Å². The Morgan fingerprint density at radius 1 is 1.09 bits per heavy atom. The number of pyridine rings is 1. The summed E-state index contributed by atoms with van der Waals surface area (Å²) in [6.45, 7) is 2.14. The number of carbonyl (C=O) groups is 2. The summed E-state index contributed by atoms with van der Waals surface area (Å²) < 4.78 is 10.3. The quantitative estimate of drug-likeness (QED) is 0.296. The number of aromatic nitrogens is 4. The monoisotopic (exact) mass is 601 g/mol. The lowest BCUT2D eigenvalue weighted by Gasteiger charge is -2.27. The lowest BCUT2D eigenvalue weighted by atomic mass is 10.0. The van der Waals surface area contributed by atoms with Gasteiger partial charge in [-0.2, -0.15) is 0 Å². The number of carbonyl (C=O) groups excluding carboxylic acids is 2. The number of amides is 2. The number of likely N-dealkylation sites (tertiary alicyclic amines) is 1. The molecule has 0 radical (unpaired) electrons. The van der Waals surface area contributed by atoms with E-state index in [9.17, 15) is 9.59 Å². The lowest BCUT2D eigenvalue weighted by molar-refractivity contribution is 0.0700. The van der Waals surface area contributed by atoms with Crippen molar-refractivity contribution in [1.29, 1.82) is 0 Å². The van der Waals surface area contributed by atoms with E-state index < -0.39 is 0 Å². The van der Waals surface area contributed by atoms with Gasteiger partial charge in [-0.15, -0.1) is 0 Å². The molecule has 10 heteroatoms. The van der Waals surface area contributed by atoms with Gasteiger partial charge < -0.3 is 29.8 Å². The van der Waals surface area contributed by atoms with E-state index >= 15 is 0 Å². The predicted molar refractivity (Wildman–Crippen MR) is 171 cm³/mol. The maximum absolute atomic E-state index is 13.7. The van der Waals surface area contributed by atoms with Crippen molar-refractivity contribution in [1.82, 2.24) is 29.3 Å². The van der Waals surface area contributed by atoms with Crippen LogP contribution in [0.1, 0.15) is 52.1 Å². The van der Waals surface area contributed by atoms with Crippen LogP contribution >= 0.6 is 0 Å². The molecular formula is C35H35N7O3. The van der Waals surface area contributed by atoms with E-state index in [0.29, 0.717) is 35.4 Å². The normalized spacial score (nSPS) is 22.1. The molecule has 1 saturated heterocycles. The fourth-order valence-electron chi connectivity index (χ4n) is 7.91. The second-order valence-electron chi connectivity index (χ2n) is 13.3. The molecule has 228 valence electrons. The highest BCUT2D eigenvalue weighted by atomic mass is 16.5. The Morgan fingerprint density at radius 3 is 2.71 bits per heavy atom. The van der Waals surface area contributed by atoms with Crippen LogP contribution in [0, 0.1) is 11.8 Å². The third-order valence-electron chi connectivity index (χ3n) is 10.5. The number of hydrogen-bond donors (Lipinski definition) is 2. The molecule has 3 fully saturated rings. The van der Waals surface area contributed by atoms with Crippen LogP contribution in [0.15, 0.2) is 48.7 Å². The molecule has 4 aliphatic rings. The number of fused-ring (bicyclic) bond motifs is 5. The zero-order valence-electron chi connectivity index (χ0n) is 25.4. The van der Waals surface area contributed by atoms with E-state index in [1.165, 1.54) is 12.8 Å². The summed E-state index contributed by atoms with van der Waals surface area (Å²) in [7, 11) is 3.66. The van der Waals surface area contributed by atoms with Crippen LogP contribution in [-0.4, -0.2) is 61.6 Å². The van der Waals surface area contributed by atoms with E-state index in [4.69, 9.17) is 15.5 Å². The molecule has 2 saturated carbocycles. The molecule has 2 bridgehead atoms. The van der Waals surface area contributed by atoms with Gasteiger partial charge in [-0.25, -0.2) is 4.98 Å². The maximum atomic E-state index is 13.7. The Labute approximate surface area is 260 Å². The zero-order chi connectivity index (χ0) is 30.6. The largest absolute Gasteiger partial charge is 0.494 e. The van der Waals surface area contributed by atoms with E-state index in [-0.39, 0.29) is 23.9 Å². The standard InChI is InChI=1S/C35H35N7O3/c1-40-32-25(10-22(13-29(32)45-2)35(44)42-17-21-7-8-26(42)30(21)36)39-33(40)28-12-20-6-5-19(11-27(20)41(28)16-18-3-4-18)23-9-24-15-38-34(43)31(24)37-14-23/h5-6,9-14,18,21,26,30H,3-4,7-8,15-17,36H2,1-2H3,(H,38,43)/t21?,26?,30-/m1/s1. The number of aryl methyl sites for hydroxylation is 1. The predicted octanol–water partition coefficient (Wildman–Crippen LogP) is 4.48. The summed E-state index contributed by atoms with van der Waals surface area (Å²) in [4.78, 5) is 37.4. The van der Waals surface area contributed by atoms with E-state index in [2.05, 4.69) is 49.8 Å². The Bertz CT molecular complexity index is 2070. The first-order valence-electron chi connectivity index (χ1n) is 15.9. The number of hydrogen-bond acceptors (Lipinski definition) is 6. The van der Waals surface area contributed by atoms with Crippen molar-refractivity contribution in [3.05, 3.63) is 65.5 Å². The molecule has 10 nitrogen and oxygen atoms in total. The second kappa shape index (κ2) is 9.65. The molecule has 3 atom stereocenters. The molecule has 2 aliphatic heterocycles. The van der Waals surface area contributed by atoms with Crippen molar-refractivity contribution in [3.63, 3.8) is 0 Å². The molecule has 0 spiro atoms. The van der Waals surface area contributed by atoms with Gasteiger partial charge in [0.15, 0.2) is 5.82 Å². The van der Waals surface area contributed by atoms with Crippen LogP contribution in [0.4, 0.5) is 0 Å². The van der Waals surface area contributed by atoms with Crippen LogP contribution in [0.2, 0.25) is 0 Å². The number of nitrogens with one attached hydrogen (secondary N) is 1. The van der Waals surface area contributed by atoms with Gasteiger partial charge in [0, 0.05) is 72.6 Å². The van der Waals surface area contributed by atoms with Crippen LogP contribution in [-0.2, 0) is 20.1 Å². The van der Waals surface area contributed by atoms with Gasteiger partial charge in [0.25, 0.3) is 11.8 Å².